The first-order chi connectivity index (χ1) is 15.2. The van der Waals surface area contributed by atoms with E-state index < -0.39 is 0 Å². The number of carbonyl (C=O) groups excluding carboxylic acids is 1. The minimum Gasteiger partial charge on any atom is -0.489 e. The van der Waals surface area contributed by atoms with Gasteiger partial charge in [0.1, 0.15) is 12.4 Å². The number of hydrazone groups is 1. The lowest BCUT2D eigenvalue weighted by molar-refractivity contribution is -0.121. The Labute approximate surface area is 192 Å². The zero-order valence-corrected chi connectivity index (χ0v) is 19.4. The standard InChI is InChI=1S/C26H35ClN2O2/c1-2-3-4-5-6-7-8-9-10-11-26(30)29-28-20-22-14-18-25(19-15-22)31-21-23-12-16-24(27)17-13-23/h12-20H,2-11,21H2,1H3,(H,29,30)/b28-20-. The van der Waals surface area contributed by atoms with E-state index in [0.717, 1.165) is 29.7 Å². The van der Waals surface area contributed by atoms with E-state index in [4.69, 9.17) is 16.3 Å². The molecule has 0 unspecified atom stereocenters. The second-order valence-corrected chi connectivity index (χ2v) is 8.29. The number of halogens is 1. The van der Waals surface area contributed by atoms with E-state index in [1.54, 1.807) is 6.21 Å². The van der Waals surface area contributed by atoms with E-state index in [1.165, 1.54) is 44.9 Å². The van der Waals surface area contributed by atoms with Gasteiger partial charge in [-0.25, -0.2) is 5.43 Å². The van der Waals surface area contributed by atoms with E-state index >= 15 is 0 Å². The van der Waals surface area contributed by atoms with Gasteiger partial charge in [-0.15, -0.1) is 0 Å². The van der Waals surface area contributed by atoms with Crippen LogP contribution in [0.4, 0.5) is 0 Å². The minimum atomic E-state index is -0.0258. The molecular weight excluding hydrogens is 408 g/mol. The largest absolute Gasteiger partial charge is 0.489 e. The van der Waals surface area contributed by atoms with Crippen LogP contribution in [0.3, 0.4) is 0 Å². The lowest BCUT2D eigenvalue weighted by Gasteiger charge is -2.06. The quantitative estimate of drug-likeness (QED) is 0.179. The van der Waals surface area contributed by atoms with Crippen LogP contribution in [0, 0.1) is 0 Å². The molecule has 0 aromatic heterocycles. The van der Waals surface area contributed by atoms with Gasteiger partial charge in [0.25, 0.3) is 0 Å². The molecule has 0 fully saturated rings. The summed E-state index contributed by atoms with van der Waals surface area (Å²) in [6.45, 7) is 2.73. The number of nitrogens with one attached hydrogen (secondary N) is 1. The first kappa shape index (κ1) is 24.9. The molecule has 1 N–H and O–H groups in total. The smallest absolute Gasteiger partial charge is 0.240 e. The summed E-state index contributed by atoms with van der Waals surface area (Å²) < 4.78 is 5.77. The van der Waals surface area contributed by atoms with Gasteiger partial charge in [0, 0.05) is 11.4 Å². The summed E-state index contributed by atoms with van der Waals surface area (Å²) in [5.74, 6) is 0.753. The highest BCUT2D eigenvalue weighted by Crippen LogP contribution is 2.15. The van der Waals surface area contributed by atoms with Gasteiger partial charge in [-0.2, -0.15) is 5.10 Å². The number of hydrogen-bond donors (Lipinski definition) is 1. The van der Waals surface area contributed by atoms with E-state index in [0.29, 0.717) is 18.1 Å². The lowest BCUT2D eigenvalue weighted by atomic mass is 10.1. The van der Waals surface area contributed by atoms with Gasteiger partial charge in [-0.05, 0) is 53.9 Å². The monoisotopic (exact) mass is 442 g/mol. The molecular formula is C26H35ClN2O2. The molecule has 0 saturated carbocycles. The van der Waals surface area contributed by atoms with Crippen LogP contribution in [0.2, 0.25) is 5.02 Å². The zero-order chi connectivity index (χ0) is 22.2. The van der Waals surface area contributed by atoms with Crippen LogP contribution in [0.15, 0.2) is 53.6 Å². The summed E-state index contributed by atoms with van der Waals surface area (Å²) in [6, 6.07) is 15.2. The van der Waals surface area contributed by atoms with E-state index in [2.05, 4.69) is 17.5 Å². The Balaban J connectivity index is 1.56. The van der Waals surface area contributed by atoms with E-state index in [1.807, 2.05) is 48.5 Å². The van der Waals surface area contributed by atoms with Gasteiger partial charge in [-0.3, -0.25) is 4.79 Å². The molecule has 5 heteroatoms. The number of rotatable bonds is 15. The first-order valence-corrected chi connectivity index (χ1v) is 11.8. The Hall–Kier alpha value is -2.33. The average molecular weight is 443 g/mol. The molecule has 0 aliphatic carbocycles. The minimum absolute atomic E-state index is 0.0258. The van der Waals surface area contributed by atoms with Crippen molar-refractivity contribution in [3.05, 3.63) is 64.7 Å². The number of amides is 1. The fraction of sp³-hybridized carbons (Fsp3) is 0.462. The Bertz CT molecular complexity index is 773. The Kier molecular flexibility index (Phi) is 12.4. The van der Waals surface area contributed by atoms with Crippen molar-refractivity contribution in [3.8, 4) is 5.75 Å². The van der Waals surface area contributed by atoms with Crippen LogP contribution >= 0.6 is 11.6 Å². The van der Waals surface area contributed by atoms with Gasteiger partial charge in [-0.1, -0.05) is 82.0 Å². The van der Waals surface area contributed by atoms with Crippen molar-refractivity contribution in [3.63, 3.8) is 0 Å². The molecule has 0 atom stereocenters. The summed E-state index contributed by atoms with van der Waals surface area (Å²) in [5, 5.41) is 4.77. The fourth-order valence-electron chi connectivity index (χ4n) is 3.23. The van der Waals surface area contributed by atoms with Gasteiger partial charge >= 0.3 is 0 Å². The highest BCUT2D eigenvalue weighted by molar-refractivity contribution is 6.30. The topological polar surface area (TPSA) is 50.7 Å². The molecule has 0 bridgehead atoms. The van der Waals surface area contributed by atoms with Gasteiger partial charge < -0.3 is 4.74 Å². The van der Waals surface area contributed by atoms with E-state index in [-0.39, 0.29) is 5.91 Å². The molecule has 0 heterocycles. The summed E-state index contributed by atoms with van der Waals surface area (Å²) in [5.41, 5.74) is 4.58. The molecule has 0 aliphatic rings. The zero-order valence-electron chi connectivity index (χ0n) is 18.6. The molecule has 0 spiro atoms. The molecule has 2 rings (SSSR count). The van der Waals surface area contributed by atoms with Crippen molar-refractivity contribution < 1.29 is 9.53 Å². The molecule has 0 saturated heterocycles. The molecule has 1 amide bonds. The Morgan fingerprint density at radius 1 is 0.903 bits per heavy atom. The summed E-state index contributed by atoms with van der Waals surface area (Å²) in [4.78, 5) is 11.9. The molecule has 0 aliphatic heterocycles. The van der Waals surface area contributed by atoms with Crippen LogP contribution in [-0.4, -0.2) is 12.1 Å². The third-order valence-corrected chi connectivity index (χ3v) is 5.36. The van der Waals surface area contributed by atoms with Crippen molar-refractivity contribution in [2.45, 2.75) is 77.7 Å². The number of hydrogen-bond acceptors (Lipinski definition) is 3. The second-order valence-electron chi connectivity index (χ2n) is 7.86. The third-order valence-electron chi connectivity index (χ3n) is 5.11. The fourth-order valence-corrected chi connectivity index (χ4v) is 3.35. The maximum Gasteiger partial charge on any atom is 0.240 e. The summed E-state index contributed by atoms with van der Waals surface area (Å²) >= 11 is 5.89. The summed E-state index contributed by atoms with van der Waals surface area (Å²) in [6.07, 6.45) is 13.4. The number of benzene rings is 2. The molecule has 31 heavy (non-hydrogen) atoms. The highest BCUT2D eigenvalue weighted by Gasteiger charge is 2.00. The van der Waals surface area contributed by atoms with Crippen molar-refractivity contribution in [1.82, 2.24) is 5.43 Å². The molecule has 168 valence electrons. The maximum atomic E-state index is 11.9. The first-order valence-electron chi connectivity index (χ1n) is 11.5. The van der Waals surface area contributed by atoms with Gasteiger partial charge in [0.05, 0.1) is 6.21 Å². The van der Waals surface area contributed by atoms with Crippen molar-refractivity contribution in [1.29, 1.82) is 0 Å². The lowest BCUT2D eigenvalue weighted by Crippen LogP contribution is -2.16. The van der Waals surface area contributed by atoms with Crippen LogP contribution < -0.4 is 10.2 Å². The van der Waals surface area contributed by atoms with Crippen LogP contribution in [-0.2, 0) is 11.4 Å². The number of nitrogens with zero attached hydrogens (tertiary/aromatic N) is 1. The predicted octanol–water partition coefficient (Wildman–Crippen LogP) is 7.29. The average Bonchev–Trinajstić information content (AvgIpc) is 2.78. The number of ether oxygens (including phenoxy) is 1. The molecule has 0 radical (unpaired) electrons. The molecule has 2 aromatic rings. The van der Waals surface area contributed by atoms with Crippen LogP contribution in [0.1, 0.15) is 82.3 Å². The van der Waals surface area contributed by atoms with E-state index in [9.17, 15) is 4.79 Å². The predicted molar refractivity (Wildman–Crippen MR) is 130 cm³/mol. The number of unbranched alkanes of at least 4 members (excludes halogenated alkanes) is 8. The van der Waals surface area contributed by atoms with Crippen LogP contribution in [0.5, 0.6) is 5.75 Å². The SMILES string of the molecule is CCCCCCCCCCCC(=O)N/N=C\c1ccc(OCc2ccc(Cl)cc2)cc1. The maximum absolute atomic E-state index is 11.9. The molecule has 2 aromatic carbocycles. The van der Waals surface area contributed by atoms with Crippen molar-refractivity contribution >= 4 is 23.7 Å². The molecule has 4 nitrogen and oxygen atoms in total. The Morgan fingerprint density at radius 3 is 2.16 bits per heavy atom. The Morgan fingerprint density at radius 2 is 1.52 bits per heavy atom. The van der Waals surface area contributed by atoms with Gasteiger partial charge in [0.15, 0.2) is 0 Å². The third kappa shape index (κ3) is 11.6. The summed E-state index contributed by atoms with van der Waals surface area (Å²) in [7, 11) is 0. The highest BCUT2D eigenvalue weighted by atomic mass is 35.5. The van der Waals surface area contributed by atoms with Crippen LogP contribution in [0.25, 0.3) is 0 Å². The number of carbonyl (C=O) groups is 1. The van der Waals surface area contributed by atoms with Crippen molar-refractivity contribution in [2.75, 3.05) is 0 Å². The van der Waals surface area contributed by atoms with Gasteiger partial charge in [0.2, 0.25) is 5.91 Å². The van der Waals surface area contributed by atoms with Crippen molar-refractivity contribution in [2.24, 2.45) is 5.10 Å². The normalized spacial score (nSPS) is 11.0. The second kappa shape index (κ2) is 15.5.